The van der Waals surface area contributed by atoms with Crippen molar-refractivity contribution in [1.29, 1.82) is 0 Å². The van der Waals surface area contributed by atoms with E-state index in [-0.39, 0.29) is 5.82 Å². The van der Waals surface area contributed by atoms with Gasteiger partial charge in [-0.2, -0.15) is 0 Å². The topological polar surface area (TPSA) is 18.5 Å². The lowest BCUT2D eigenvalue weighted by Crippen LogP contribution is -2.11. The summed E-state index contributed by atoms with van der Waals surface area (Å²) in [5.41, 5.74) is 0.418. The zero-order chi connectivity index (χ0) is 11.3. The molecule has 0 heterocycles. The molecule has 1 aromatic rings. The summed E-state index contributed by atoms with van der Waals surface area (Å²) < 4.78 is 24.9. The summed E-state index contributed by atoms with van der Waals surface area (Å²) in [6.07, 6.45) is -0.643. The molecule has 2 nitrogen and oxygen atoms in total. The molecule has 0 aliphatic carbocycles. The Morgan fingerprint density at radius 3 is 2.33 bits per heavy atom. The van der Waals surface area contributed by atoms with Crippen LogP contribution in [-0.4, -0.2) is 13.2 Å². The molecule has 0 atom stereocenters. The first-order valence-electron chi connectivity index (χ1n) is 4.87. The molecular formula is C11H14BrFO2. The summed E-state index contributed by atoms with van der Waals surface area (Å²) in [6.45, 7) is 4.65. The molecule has 0 spiro atoms. The molecule has 84 valence electrons. The van der Waals surface area contributed by atoms with Crippen LogP contribution in [0.25, 0.3) is 0 Å². The fraction of sp³-hybridized carbons (Fsp3) is 0.455. The quantitative estimate of drug-likeness (QED) is 0.765. The van der Waals surface area contributed by atoms with E-state index in [1.807, 2.05) is 13.8 Å². The molecule has 0 fully saturated rings. The van der Waals surface area contributed by atoms with Gasteiger partial charge >= 0.3 is 0 Å². The van der Waals surface area contributed by atoms with Crippen LogP contribution >= 0.6 is 15.9 Å². The van der Waals surface area contributed by atoms with E-state index in [9.17, 15) is 4.39 Å². The number of benzene rings is 1. The maximum atomic E-state index is 13.6. The van der Waals surface area contributed by atoms with Crippen molar-refractivity contribution < 1.29 is 13.9 Å². The van der Waals surface area contributed by atoms with Crippen LogP contribution in [0.15, 0.2) is 22.7 Å². The maximum Gasteiger partial charge on any atom is 0.187 e. The van der Waals surface area contributed by atoms with E-state index in [0.717, 1.165) is 0 Å². The maximum absolute atomic E-state index is 13.6. The van der Waals surface area contributed by atoms with Crippen LogP contribution in [0.3, 0.4) is 0 Å². The van der Waals surface area contributed by atoms with Crippen LogP contribution in [0.5, 0.6) is 0 Å². The van der Waals surface area contributed by atoms with E-state index < -0.39 is 6.29 Å². The molecule has 1 rings (SSSR count). The van der Waals surface area contributed by atoms with Gasteiger partial charge in [0.2, 0.25) is 0 Å². The van der Waals surface area contributed by atoms with Crippen molar-refractivity contribution in [2.75, 3.05) is 13.2 Å². The Morgan fingerprint density at radius 2 is 1.87 bits per heavy atom. The Balaban J connectivity index is 2.98. The summed E-state index contributed by atoms with van der Waals surface area (Å²) in [7, 11) is 0. The normalized spacial score (nSPS) is 11.0. The van der Waals surface area contributed by atoms with Crippen molar-refractivity contribution in [3.63, 3.8) is 0 Å². The van der Waals surface area contributed by atoms with Gasteiger partial charge in [-0.05, 0) is 26.0 Å². The summed E-state index contributed by atoms with van der Waals surface area (Å²) in [5, 5.41) is 0. The number of halogens is 2. The minimum absolute atomic E-state index is 0.323. The molecule has 15 heavy (non-hydrogen) atoms. The number of ether oxygens (including phenoxy) is 2. The fourth-order valence-corrected chi connectivity index (χ4v) is 1.78. The monoisotopic (exact) mass is 276 g/mol. The molecule has 0 N–H and O–H groups in total. The lowest BCUT2D eigenvalue weighted by molar-refractivity contribution is -0.142. The molecule has 0 unspecified atom stereocenters. The Morgan fingerprint density at radius 1 is 1.27 bits per heavy atom. The number of hydrogen-bond acceptors (Lipinski definition) is 2. The molecule has 0 aromatic heterocycles. The predicted molar refractivity (Wildman–Crippen MR) is 60.1 cm³/mol. The SMILES string of the molecule is CCOC(OCC)c1c(F)cccc1Br. The van der Waals surface area contributed by atoms with Crippen molar-refractivity contribution in [2.45, 2.75) is 20.1 Å². The van der Waals surface area contributed by atoms with E-state index in [1.54, 1.807) is 12.1 Å². The van der Waals surface area contributed by atoms with Crippen molar-refractivity contribution >= 4 is 15.9 Å². The lowest BCUT2D eigenvalue weighted by atomic mass is 10.2. The summed E-state index contributed by atoms with van der Waals surface area (Å²) in [4.78, 5) is 0. The molecule has 0 amide bonds. The third kappa shape index (κ3) is 3.26. The van der Waals surface area contributed by atoms with Gasteiger partial charge in [0.1, 0.15) is 5.82 Å². The minimum Gasteiger partial charge on any atom is -0.349 e. The van der Waals surface area contributed by atoms with Crippen LogP contribution in [0, 0.1) is 5.82 Å². The molecule has 4 heteroatoms. The van der Waals surface area contributed by atoms with E-state index in [4.69, 9.17) is 9.47 Å². The van der Waals surface area contributed by atoms with Crippen molar-refractivity contribution in [2.24, 2.45) is 0 Å². The Hall–Kier alpha value is -0.450. The van der Waals surface area contributed by atoms with Crippen LogP contribution in [-0.2, 0) is 9.47 Å². The Labute approximate surface area is 97.5 Å². The molecule has 0 radical (unpaired) electrons. The van der Waals surface area contributed by atoms with E-state index in [2.05, 4.69) is 15.9 Å². The molecule has 0 aliphatic heterocycles. The number of rotatable bonds is 5. The van der Waals surface area contributed by atoms with Gasteiger partial charge in [0.15, 0.2) is 6.29 Å². The van der Waals surface area contributed by atoms with Gasteiger partial charge in [0.25, 0.3) is 0 Å². The summed E-state index contributed by atoms with van der Waals surface area (Å²) in [6, 6.07) is 4.80. The first-order valence-corrected chi connectivity index (χ1v) is 5.67. The third-order valence-electron chi connectivity index (χ3n) is 1.87. The molecule has 0 saturated carbocycles. The summed E-state index contributed by atoms with van der Waals surface area (Å²) in [5.74, 6) is -0.323. The highest BCUT2D eigenvalue weighted by Gasteiger charge is 2.18. The first-order chi connectivity index (χ1) is 7.20. The highest BCUT2D eigenvalue weighted by molar-refractivity contribution is 9.10. The van der Waals surface area contributed by atoms with Crippen LogP contribution < -0.4 is 0 Å². The van der Waals surface area contributed by atoms with Gasteiger partial charge in [0.05, 0.1) is 5.56 Å². The second-order valence-electron chi connectivity index (χ2n) is 2.88. The van der Waals surface area contributed by atoms with Crippen LogP contribution in [0.2, 0.25) is 0 Å². The molecule has 0 saturated heterocycles. The molecule has 0 aliphatic rings. The largest absolute Gasteiger partial charge is 0.349 e. The summed E-state index contributed by atoms with van der Waals surface area (Å²) >= 11 is 3.29. The second kappa shape index (κ2) is 6.20. The zero-order valence-corrected chi connectivity index (χ0v) is 10.4. The lowest BCUT2D eigenvalue weighted by Gasteiger charge is -2.18. The van der Waals surface area contributed by atoms with Gasteiger partial charge in [-0.25, -0.2) is 4.39 Å². The highest BCUT2D eigenvalue weighted by atomic mass is 79.9. The van der Waals surface area contributed by atoms with E-state index in [1.165, 1.54) is 6.07 Å². The van der Waals surface area contributed by atoms with Gasteiger partial charge in [-0.3, -0.25) is 0 Å². The van der Waals surface area contributed by atoms with Crippen molar-refractivity contribution in [1.82, 2.24) is 0 Å². The third-order valence-corrected chi connectivity index (χ3v) is 2.56. The van der Waals surface area contributed by atoms with E-state index in [0.29, 0.717) is 23.2 Å². The molecule has 1 aromatic carbocycles. The smallest absolute Gasteiger partial charge is 0.187 e. The van der Waals surface area contributed by atoms with E-state index >= 15 is 0 Å². The average Bonchev–Trinajstić information content (AvgIpc) is 2.18. The average molecular weight is 277 g/mol. The minimum atomic E-state index is -0.643. The Bertz CT molecular complexity index is 291. The van der Waals surface area contributed by atoms with Gasteiger partial charge in [-0.15, -0.1) is 0 Å². The number of hydrogen-bond donors (Lipinski definition) is 0. The van der Waals surface area contributed by atoms with Crippen molar-refractivity contribution in [3.8, 4) is 0 Å². The second-order valence-corrected chi connectivity index (χ2v) is 3.73. The van der Waals surface area contributed by atoms with Crippen LogP contribution in [0.1, 0.15) is 25.7 Å². The highest BCUT2D eigenvalue weighted by Crippen LogP contribution is 2.29. The van der Waals surface area contributed by atoms with Gasteiger partial charge in [-0.1, -0.05) is 22.0 Å². The molecular weight excluding hydrogens is 263 g/mol. The van der Waals surface area contributed by atoms with Crippen molar-refractivity contribution in [3.05, 3.63) is 34.1 Å². The zero-order valence-electron chi connectivity index (χ0n) is 8.80. The predicted octanol–water partition coefficient (Wildman–Crippen LogP) is 3.66. The van der Waals surface area contributed by atoms with Gasteiger partial charge < -0.3 is 9.47 Å². The standard InChI is InChI=1S/C11H14BrFO2/c1-3-14-11(15-4-2)10-8(12)6-5-7-9(10)13/h5-7,11H,3-4H2,1-2H3. The fourth-order valence-electron chi connectivity index (χ4n) is 1.25. The van der Waals surface area contributed by atoms with Crippen LogP contribution in [0.4, 0.5) is 4.39 Å². The van der Waals surface area contributed by atoms with Gasteiger partial charge in [0, 0.05) is 17.7 Å². The first kappa shape index (κ1) is 12.6. The Kier molecular flexibility index (Phi) is 5.22. The molecule has 0 bridgehead atoms.